The molecule has 0 saturated heterocycles. The summed E-state index contributed by atoms with van der Waals surface area (Å²) in [5.41, 5.74) is 6.82. The second-order valence-corrected chi connectivity index (χ2v) is 4.70. The average Bonchev–Trinajstić information content (AvgIpc) is 2.33. The topological polar surface area (TPSA) is 44.5 Å². The molecule has 0 saturated carbocycles. The van der Waals surface area contributed by atoms with Crippen LogP contribution in [0.5, 0.6) is 5.75 Å². The summed E-state index contributed by atoms with van der Waals surface area (Å²) < 4.78 is 45.3. The van der Waals surface area contributed by atoms with E-state index in [1.165, 1.54) is 0 Å². The van der Waals surface area contributed by atoms with Gasteiger partial charge in [0.2, 0.25) is 0 Å². The van der Waals surface area contributed by atoms with E-state index in [1.807, 2.05) is 31.2 Å². The van der Waals surface area contributed by atoms with Crippen LogP contribution in [0.2, 0.25) is 0 Å². The summed E-state index contributed by atoms with van der Waals surface area (Å²) in [7, 11) is 0. The average molecular weight is 291 g/mol. The van der Waals surface area contributed by atoms with Crippen LogP contribution in [0.25, 0.3) is 0 Å². The number of alkyl halides is 3. The normalized spacial score (nSPS) is 13.2. The Morgan fingerprint density at radius 3 is 2.35 bits per heavy atom. The number of hydrogen-bond donors (Lipinski definition) is 1. The van der Waals surface area contributed by atoms with Gasteiger partial charge in [-0.05, 0) is 31.0 Å². The molecule has 0 bridgehead atoms. The molecule has 0 radical (unpaired) electrons. The van der Waals surface area contributed by atoms with Gasteiger partial charge in [-0.1, -0.05) is 12.1 Å². The highest BCUT2D eigenvalue weighted by atomic mass is 19.4. The van der Waals surface area contributed by atoms with E-state index >= 15 is 0 Å². The Bertz CT molecular complexity index is 377. The number of halogens is 3. The second kappa shape index (κ2) is 8.11. The van der Waals surface area contributed by atoms with Gasteiger partial charge in [0.05, 0.1) is 13.2 Å². The van der Waals surface area contributed by atoms with Gasteiger partial charge in [-0.2, -0.15) is 13.2 Å². The quantitative estimate of drug-likeness (QED) is 0.749. The molecule has 3 nitrogen and oxygen atoms in total. The highest BCUT2D eigenvalue weighted by Gasteiger charge is 2.27. The summed E-state index contributed by atoms with van der Waals surface area (Å²) >= 11 is 0. The van der Waals surface area contributed by atoms with Gasteiger partial charge in [-0.25, -0.2) is 0 Å². The van der Waals surface area contributed by atoms with Crippen LogP contribution in [0.1, 0.15) is 18.9 Å². The maximum Gasteiger partial charge on any atom is 0.411 e. The van der Waals surface area contributed by atoms with Crippen LogP contribution in [-0.4, -0.2) is 32.0 Å². The SMILES string of the molecule is CC(N)Cc1ccc(OCCCOCC(F)(F)F)cc1. The fourth-order valence-electron chi connectivity index (χ4n) is 1.63. The standard InChI is InChI=1S/C14H20F3NO2/c1-11(18)9-12-3-5-13(6-4-12)20-8-2-7-19-10-14(15,16)17/h3-6,11H,2,7-10,18H2,1H3. The van der Waals surface area contributed by atoms with Crippen LogP contribution >= 0.6 is 0 Å². The Morgan fingerprint density at radius 2 is 1.80 bits per heavy atom. The van der Waals surface area contributed by atoms with E-state index in [2.05, 4.69) is 4.74 Å². The molecule has 0 heterocycles. The predicted octanol–water partition coefficient (Wildman–Crippen LogP) is 2.92. The molecule has 1 atom stereocenters. The Labute approximate surface area is 116 Å². The van der Waals surface area contributed by atoms with Gasteiger partial charge in [0.25, 0.3) is 0 Å². The van der Waals surface area contributed by atoms with Crippen molar-refractivity contribution >= 4 is 0 Å². The number of benzene rings is 1. The molecule has 0 amide bonds. The van der Waals surface area contributed by atoms with Crippen LogP contribution in [0.4, 0.5) is 13.2 Å². The first-order chi connectivity index (χ1) is 9.37. The van der Waals surface area contributed by atoms with Crippen LogP contribution in [0.15, 0.2) is 24.3 Å². The van der Waals surface area contributed by atoms with Crippen molar-refractivity contribution in [2.75, 3.05) is 19.8 Å². The molecule has 1 aromatic carbocycles. The largest absolute Gasteiger partial charge is 0.494 e. The van der Waals surface area contributed by atoms with E-state index in [4.69, 9.17) is 10.5 Å². The van der Waals surface area contributed by atoms with Crippen molar-refractivity contribution in [1.29, 1.82) is 0 Å². The second-order valence-electron chi connectivity index (χ2n) is 4.70. The predicted molar refractivity (Wildman–Crippen MR) is 70.8 cm³/mol. The lowest BCUT2D eigenvalue weighted by Crippen LogP contribution is -2.18. The molecule has 0 aliphatic heterocycles. The lowest BCUT2D eigenvalue weighted by atomic mass is 10.1. The molecule has 1 aromatic rings. The Kier molecular flexibility index (Phi) is 6.81. The summed E-state index contributed by atoms with van der Waals surface area (Å²) in [4.78, 5) is 0. The van der Waals surface area contributed by atoms with Crippen LogP contribution in [0.3, 0.4) is 0 Å². The van der Waals surface area contributed by atoms with E-state index in [1.54, 1.807) is 0 Å². The van der Waals surface area contributed by atoms with E-state index in [0.717, 1.165) is 12.0 Å². The number of rotatable bonds is 8. The first-order valence-corrected chi connectivity index (χ1v) is 6.48. The lowest BCUT2D eigenvalue weighted by molar-refractivity contribution is -0.174. The number of ether oxygens (including phenoxy) is 2. The van der Waals surface area contributed by atoms with Gasteiger partial charge in [0.1, 0.15) is 12.4 Å². The van der Waals surface area contributed by atoms with Crippen molar-refractivity contribution in [3.05, 3.63) is 29.8 Å². The highest BCUT2D eigenvalue weighted by Crippen LogP contribution is 2.15. The summed E-state index contributed by atoms with van der Waals surface area (Å²) in [6, 6.07) is 7.62. The van der Waals surface area contributed by atoms with Gasteiger partial charge in [0.15, 0.2) is 0 Å². The molecule has 1 rings (SSSR count). The molecule has 2 N–H and O–H groups in total. The van der Waals surface area contributed by atoms with Crippen molar-refractivity contribution < 1.29 is 22.6 Å². The van der Waals surface area contributed by atoms with Crippen molar-refractivity contribution in [3.8, 4) is 5.75 Å². The molecule has 0 aliphatic rings. The zero-order chi connectivity index (χ0) is 15.0. The molecule has 6 heteroatoms. The highest BCUT2D eigenvalue weighted by molar-refractivity contribution is 5.27. The molecular weight excluding hydrogens is 271 g/mol. The van der Waals surface area contributed by atoms with Crippen molar-refractivity contribution in [2.45, 2.75) is 32.0 Å². The zero-order valence-corrected chi connectivity index (χ0v) is 11.5. The van der Waals surface area contributed by atoms with Crippen molar-refractivity contribution in [3.63, 3.8) is 0 Å². The van der Waals surface area contributed by atoms with Crippen molar-refractivity contribution in [2.24, 2.45) is 5.73 Å². The summed E-state index contributed by atoms with van der Waals surface area (Å²) in [5.74, 6) is 0.689. The molecule has 114 valence electrons. The molecule has 0 aromatic heterocycles. The fraction of sp³-hybridized carbons (Fsp3) is 0.571. The first-order valence-electron chi connectivity index (χ1n) is 6.48. The maximum absolute atomic E-state index is 11.8. The number of hydrogen-bond acceptors (Lipinski definition) is 3. The Balaban J connectivity index is 2.16. The molecule has 0 fully saturated rings. The smallest absolute Gasteiger partial charge is 0.411 e. The molecule has 0 spiro atoms. The van der Waals surface area contributed by atoms with E-state index in [0.29, 0.717) is 18.8 Å². The third kappa shape index (κ3) is 8.01. The van der Waals surface area contributed by atoms with Gasteiger partial charge < -0.3 is 15.2 Å². The minimum Gasteiger partial charge on any atom is -0.494 e. The third-order valence-corrected chi connectivity index (χ3v) is 2.45. The molecule has 0 aliphatic carbocycles. The van der Waals surface area contributed by atoms with Gasteiger partial charge in [0, 0.05) is 12.5 Å². The monoisotopic (exact) mass is 291 g/mol. The minimum absolute atomic E-state index is 0.0300. The lowest BCUT2D eigenvalue weighted by Gasteiger charge is -2.09. The molecular formula is C14H20F3NO2. The Morgan fingerprint density at radius 1 is 1.15 bits per heavy atom. The summed E-state index contributed by atoms with van der Waals surface area (Å²) in [6.07, 6.45) is -3.06. The summed E-state index contributed by atoms with van der Waals surface area (Å²) in [5, 5.41) is 0. The number of nitrogens with two attached hydrogens (primary N) is 1. The minimum atomic E-state index is -4.27. The van der Waals surface area contributed by atoms with E-state index in [9.17, 15) is 13.2 Å². The summed E-state index contributed by atoms with van der Waals surface area (Å²) in [6.45, 7) is 1.08. The van der Waals surface area contributed by atoms with Crippen molar-refractivity contribution in [1.82, 2.24) is 0 Å². The zero-order valence-electron chi connectivity index (χ0n) is 11.5. The van der Waals surface area contributed by atoms with E-state index in [-0.39, 0.29) is 12.6 Å². The van der Waals surface area contributed by atoms with Crippen LogP contribution in [0, 0.1) is 0 Å². The van der Waals surface area contributed by atoms with Gasteiger partial charge in [-0.15, -0.1) is 0 Å². The molecule has 1 unspecified atom stereocenters. The Hall–Kier alpha value is -1.27. The van der Waals surface area contributed by atoms with Crippen LogP contribution < -0.4 is 10.5 Å². The third-order valence-electron chi connectivity index (χ3n) is 2.45. The fourth-order valence-corrected chi connectivity index (χ4v) is 1.63. The molecule has 20 heavy (non-hydrogen) atoms. The van der Waals surface area contributed by atoms with Gasteiger partial charge >= 0.3 is 6.18 Å². The first kappa shape index (κ1) is 16.8. The van der Waals surface area contributed by atoms with Gasteiger partial charge in [-0.3, -0.25) is 0 Å². The van der Waals surface area contributed by atoms with Crippen LogP contribution in [-0.2, 0) is 11.2 Å². The maximum atomic E-state index is 11.8. The van der Waals surface area contributed by atoms with E-state index < -0.39 is 12.8 Å².